The van der Waals surface area contributed by atoms with E-state index in [1.807, 2.05) is 49.4 Å². The first kappa shape index (κ1) is 18.5. The summed E-state index contributed by atoms with van der Waals surface area (Å²) in [5.41, 5.74) is 2.27. The number of pyridine rings is 1. The summed E-state index contributed by atoms with van der Waals surface area (Å²) in [5.74, 6) is 1.36. The maximum absolute atomic E-state index is 13.2. The first-order valence-corrected chi connectivity index (χ1v) is 9.02. The molecule has 0 radical (unpaired) electrons. The van der Waals surface area contributed by atoms with Gasteiger partial charge in [-0.15, -0.1) is 0 Å². The van der Waals surface area contributed by atoms with Gasteiger partial charge in [-0.25, -0.2) is 9.97 Å². The first-order valence-electron chi connectivity index (χ1n) is 9.02. The second-order valence-corrected chi connectivity index (χ2v) is 6.15. The lowest BCUT2D eigenvalue weighted by Crippen LogP contribution is -2.36. The quantitative estimate of drug-likeness (QED) is 0.649. The highest BCUT2D eigenvalue weighted by Gasteiger charge is 2.19. The van der Waals surface area contributed by atoms with Gasteiger partial charge >= 0.3 is 0 Å². The maximum Gasteiger partial charge on any atom is 0.255 e. The van der Waals surface area contributed by atoms with Gasteiger partial charge in [0, 0.05) is 30.1 Å². The number of carbonyl (C=O) groups is 1. The Labute approximate surface area is 159 Å². The molecule has 0 atom stereocenters. The zero-order valence-electron chi connectivity index (χ0n) is 15.6. The van der Waals surface area contributed by atoms with Gasteiger partial charge < -0.3 is 10.2 Å². The normalized spacial score (nSPS) is 10.4. The second kappa shape index (κ2) is 8.89. The summed E-state index contributed by atoms with van der Waals surface area (Å²) in [4.78, 5) is 27.9. The summed E-state index contributed by atoms with van der Waals surface area (Å²) in [7, 11) is 0. The SMILES string of the molecule is CCCN(CNc1ccnc(C)n1)C(=O)c1ccccc1-c1ccccn1. The fourth-order valence-corrected chi connectivity index (χ4v) is 2.84. The van der Waals surface area contributed by atoms with E-state index in [1.165, 1.54) is 0 Å². The Balaban J connectivity index is 1.83. The predicted molar refractivity (Wildman–Crippen MR) is 106 cm³/mol. The smallest absolute Gasteiger partial charge is 0.255 e. The molecule has 6 heteroatoms. The molecule has 2 aromatic heterocycles. The van der Waals surface area contributed by atoms with E-state index in [1.54, 1.807) is 23.4 Å². The Hall–Kier alpha value is -3.28. The van der Waals surface area contributed by atoms with Crippen molar-refractivity contribution in [3.8, 4) is 11.3 Å². The molecule has 0 saturated heterocycles. The molecule has 0 aliphatic carbocycles. The van der Waals surface area contributed by atoms with E-state index in [0.29, 0.717) is 30.4 Å². The number of anilines is 1. The standard InChI is InChI=1S/C21H23N5O/c1-3-14-26(15-24-20-11-13-22-16(2)25-20)21(27)18-9-5-4-8-17(18)19-10-6-7-12-23-19/h4-13H,3,14-15H2,1-2H3,(H,22,24,25). The van der Waals surface area contributed by atoms with Crippen LogP contribution in [0.5, 0.6) is 0 Å². The lowest BCUT2D eigenvalue weighted by atomic mass is 10.0. The van der Waals surface area contributed by atoms with E-state index < -0.39 is 0 Å². The van der Waals surface area contributed by atoms with Crippen LogP contribution in [0.15, 0.2) is 60.9 Å². The molecule has 0 saturated carbocycles. The van der Waals surface area contributed by atoms with E-state index in [2.05, 4.69) is 27.2 Å². The molecular weight excluding hydrogens is 338 g/mol. The Kier molecular flexibility index (Phi) is 6.10. The number of aromatic nitrogens is 3. The molecule has 138 valence electrons. The Morgan fingerprint density at radius 1 is 1.04 bits per heavy atom. The highest BCUT2D eigenvalue weighted by molar-refractivity contribution is 6.00. The lowest BCUT2D eigenvalue weighted by Gasteiger charge is -2.24. The topological polar surface area (TPSA) is 71.0 Å². The summed E-state index contributed by atoms with van der Waals surface area (Å²) in [6.45, 7) is 4.91. The average molecular weight is 361 g/mol. The van der Waals surface area contributed by atoms with Crippen LogP contribution in [-0.2, 0) is 0 Å². The number of nitrogens with zero attached hydrogens (tertiary/aromatic N) is 4. The van der Waals surface area contributed by atoms with Crippen LogP contribution in [0.25, 0.3) is 11.3 Å². The minimum absolute atomic E-state index is 0.0311. The number of hydrogen-bond acceptors (Lipinski definition) is 5. The molecule has 1 amide bonds. The minimum atomic E-state index is -0.0311. The molecule has 1 aromatic carbocycles. The van der Waals surface area contributed by atoms with E-state index in [9.17, 15) is 4.79 Å². The molecule has 0 fully saturated rings. The lowest BCUT2D eigenvalue weighted by molar-refractivity contribution is 0.0768. The summed E-state index contributed by atoms with van der Waals surface area (Å²) < 4.78 is 0. The highest BCUT2D eigenvalue weighted by atomic mass is 16.2. The molecule has 1 N–H and O–H groups in total. The van der Waals surface area contributed by atoms with Crippen LogP contribution >= 0.6 is 0 Å². The van der Waals surface area contributed by atoms with Crippen LogP contribution in [0.4, 0.5) is 5.82 Å². The van der Waals surface area contributed by atoms with Gasteiger partial charge in [-0.05, 0) is 37.6 Å². The summed E-state index contributed by atoms with van der Waals surface area (Å²) in [5, 5.41) is 3.22. The molecule has 27 heavy (non-hydrogen) atoms. The van der Waals surface area contributed by atoms with Gasteiger partial charge in [0.15, 0.2) is 0 Å². The fourth-order valence-electron chi connectivity index (χ4n) is 2.84. The van der Waals surface area contributed by atoms with Crippen LogP contribution in [0.2, 0.25) is 0 Å². The van der Waals surface area contributed by atoms with Crippen molar-refractivity contribution < 1.29 is 4.79 Å². The van der Waals surface area contributed by atoms with Crippen LogP contribution in [0.3, 0.4) is 0 Å². The third kappa shape index (κ3) is 4.67. The van der Waals surface area contributed by atoms with Crippen molar-refractivity contribution in [1.29, 1.82) is 0 Å². The highest BCUT2D eigenvalue weighted by Crippen LogP contribution is 2.23. The van der Waals surface area contributed by atoms with Crippen molar-refractivity contribution in [1.82, 2.24) is 19.9 Å². The zero-order chi connectivity index (χ0) is 19.1. The van der Waals surface area contributed by atoms with Crippen molar-refractivity contribution in [2.45, 2.75) is 20.3 Å². The summed E-state index contributed by atoms with van der Waals surface area (Å²) >= 11 is 0. The molecule has 0 aliphatic rings. The van der Waals surface area contributed by atoms with E-state index in [-0.39, 0.29) is 5.91 Å². The molecule has 0 bridgehead atoms. The van der Waals surface area contributed by atoms with Gasteiger partial charge in [0.1, 0.15) is 11.6 Å². The van der Waals surface area contributed by atoms with Gasteiger partial charge in [-0.1, -0.05) is 31.2 Å². The van der Waals surface area contributed by atoms with Crippen molar-refractivity contribution in [2.75, 3.05) is 18.5 Å². The van der Waals surface area contributed by atoms with Crippen molar-refractivity contribution >= 4 is 11.7 Å². The molecule has 0 spiro atoms. The predicted octanol–water partition coefficient (Wildman–Crippen LogP) is 3.77. The van der Waals surface area contributed by atoms with Crippen LogP contribution in [-0.4, -0.2) is 39.0 Å². The number of carbonyl (C=O) groups excluding carboxylic acids is 1. The number of rotatable bonds is 7. The van der Waals surface area contributed by atoms with Gasteiger partial charge in [-0.2, -0.15) is 0 Å². The molecule has 3 rings (SSSR count). The summed E-state index contributed by atoms with van der Waals surface area (Å²) in [6, 6.07) is 15.1. The average Bonchev–Trinajstić information content (AvgIpc) is 2.71. The van der Waals surface area contributed by atoms with Crippen LogP contribution in [0.1, 0.15) is 29.5 Å². The van der Waals surface area contributed by atoms with E-state index in [4.69, 9.17) is 0 Å². The van der Waals surface area contributed by atoms with Crippen molar-refractivity contribution in [2.24, 2.45) is 0 Å². The minimum Gasteiger partial charge on any atom is -0.352 e. The van der Waals surface area contributed by atoms with Gasteiger partial charge in [0.25, 0.3) is 5.91 Å². The third-order valence-corrected chi connectivity index (χ3v) is 4.11. The van der Waals surface area contributed by atoms with Crippen LogP contribution in [0, 0.1) is 6.92 Å². The molecule has 0 aliphatic heterocycles. The van der Waals surface area contributed by atoms with Crippen LogP contribution < -0.4 is 5.32 Å². The Morgan fingerprint density at radius 2 is 1.85 bits per heavy atom. The van der Waals surface area contributed by atoms with Crippen molar-refractivity contribution in [3.63, 3.8) is 0 Å². The number of aryl methyl sites for hydroxylation is 1. The maximum atomic E-state index is 13.2. The monoisotopic (exact) mass is 361 g/mol. The fraction of sp³-hybridized carbons (Fsp3) is 0.238. The Morgan fingerprint density at radius 3 is 2.59 bits per heavy atom. The molecule has 2 heterocycles. The molecular formula is C21H23N5O. The largest absolute Gasteiger partial charge is 0.352 e. The molecule has 3 aromatic rings. The van der Waals surface area contributed by atoms with Gasteiger partial charge in [-0.3, -0.25) is 9.78 Å². The van der Waals surface area contributed by atoms with Gasteiger partial charge in [0.2, 0.25) is 0 Å². The second-order valence-electron chi connectivity index (χ2n) is 6.15. The zero-order valence-corrected chi connectivity index (χ0v) is 15.6. The summed E-state index contributed by atoms with van der Waals surface area (Å²) in [6.07, 6.45) is 4.30. The van der Waals surface area contributed by atoms with E-state index in [0.717, 1.165) is 17.7 Å². The van der Waals surface area contributed by atoms with Crippen molar-refractivity contribution in [3.05, 3.63) is 72.3 Å². The molecule has 6 nitrogen and oxygen atoms in total. The number of hydrogen-bond donors (Lipinski definition) is 1. The number of amides is 1. The number of nitrogens with one attached hydrogen (secondary N) is 1. The third-order valence-electron chi connectivity index (χ3n) is 4.11. The van der Waals surface area contributed by atoms with Gasteiger partial charge in [0.05, 0.1) is 12.4 Å². The Bertz CT molecular complexity index is 898. The van der Waals surface area contributed by atoms with E-state index >= 15 is 0 Å². The molecule has 0 unspecified atom stereocenters. The first-order chi connectivity index (χ1) is 13.2. The number of benzene rings is 1.